The van der Waals surface area contributed by atoms with Crippen LogP contribution in [-0.4, -0.2) is 70.0 Å². The van der Waals surface area contributed by atoms with Crippen LogP contribution in [0.25, 0.3) is 0 Å². The molecule has 0 bridgehead atoms. The third kappa shape index (κ3) is 6.30. The van der Waals surface area contributed by atoms with Gasteiger partial charge in [0.2, 0.25) is 11.8 Å². The molecule has 8 nitrogen and oxygen atoms in total. The highest BCUT2D eigenvalue weighted by Gasteiger charge is 2.52. The normalized spacial score (nSPS) is 18.4. The number of fused-ring (bicyclic) bond motifs is 1. The molecule has 2 atom stereocenters. The highest BCUT2D eigenvalue weighted by atomic mass is 16.2. The Balaban J connectivity index is 1.39. The molecule has 0 saturated carbocycles. The van der Waals surface area contributed by atoms with Crippen molar-refractivity contribution in [2.45, 2.75) is 24.7 Å². The number of hydrazine groups is 1. The number of hydrogen-bond donors (Lipinski definition) is 1. The van der Waals surface area contributed by atoms with Crippen molar-refractivity contribution in [3.05, 3.63) is 144 Å². The van der Waals surface area contributed by atoms with Crippen LogP contribution in [0.4, 0.5) is 4.79 Å². The predicted molar refractivity (Wildman–Crippen MR) is 172 cm³/mol. The van der Waals surface area contributed by atoms with Gasteiger partial charge in [0.25, 0.3) is 0 Å². The summed E-state index contributed by atoms with van der Waals surface area (Å²) in [4.78, 5) is 45.7. The summed E-state index contributed by atoms with van der Waals surface area (Å²) < 4.78 is 0. The molecule has 4 aromatic carbocycles. The number of nitrogens with one attached hydrogen (secondary N) is 1. The van der Waals surface area contributed by atoms with Gasteiger partial charge in [0, 0.05) is 19.0 Å². The molecule has 0 aliphatic carbocycles. The minimum Gasteiger partial charge on any atom is -0.336 e. The van der Waals surface area contributed by atoms with E-state index in [4.69, 9.17) is 6.42 Å². The van der Waals surface area contributed by atoms with Crippen LogP contribution in [0.3, 0.4) is 0 Å². The van der Waals surface area contributed by atoms with Gasteiger partial charge in [-0.05, 0) is 22.3 Å². The van der Waals surface area contributed by atoms with E-state index < -0.39 is 12.2 Å². The fourth-order valence-corrected chi connectivity index (χ4v) is 6.30. The average Bonchev–Trinajstić information content (AvgIpc) is 3.08. The number of rotatable bonds is 8. The van der Waals surface area contributed by atoms with Crippen LogP contribution in [0, 0.1) is 12.3 Å². The molecule has 2 aliphatic rings. The van der Waals surface area contributed by atoms with Crippen molar-refractivity contribution in [3.8, 4) is 12.3 Å². The Hall–Kier alpha value is -5.39. The van der Waals surface area contributed by atoms with Gasteiger partial charge in [0.05, 0.1) is 19.6 Å². The minimum atomic E-state index is -0.901. The molecule has 0 spiro atoms. The van der Waals surface area contributed by atoms with E-state index >= 15 is 0 Å². The smallest absolute Gasteiger partial charge is 0.334 e. The zero-order valence-corrected chi connectivity index (χ0v) is 24.9. The largest absolute Gasteiger partial charge is 0.336 e. The highest BCUT2D eigenvalue weighted by molar-refractivity contribution is 5.92. The van der Waals surface area contributed by atoms with E-state index in [2.05, 4.69) is 35.5 Å². The minimum absolute atomic E-state index is 0.0649. The second-order valence-electron chi connectivity index (χ2n) is 11.2. The summed E-state index contributed by atoms with van der Waals surface area (Å²) in [5.74, 6) is 2.04. The van der Waals surface area contributed by atoms with E-state index in [1.165, 1.54) is 0 Å². The summed E-state index contributed by atoms with van der Waals surface area (Å²) in [6.45, 7) is 0.741. The van der Waals surface area contributed by atoms with Gasteiger partial charge in [0.15, 0.2) is 0 Å². The van der Waals surface area contributed by atoms with Crippen LogP contribution in [0.1, 0.15) is 34.2 Å². The molecule has 4 amide bonds. The molecule has 2 heterocycles. The quantitative estimate of drug-likeness (QED) is 0.301. The van der Waals surface area contributed by atoms with Crippen molar-refractivity contribution < 1.29 is 14.4 Å². The molecule has 4 aromatic rings. The molecular formula is C37H35N5O3. The van der Waals surface area contributed by atoms with Gasteiger partial charge in [-0.15, -0.1) is 6.42 Å². The standard InChI is InChI=1S/C37H35N5O3/c1-2-23-40-27-34(43)41-33(42(40)37(45)38-24-28-15-7-3-8-16-28)26-39(36(44)35(41)31-21-13-6-14-22-31)25-32(29-17-9-4-10-18-29)30-19-11-5-12-20-30/h1,3-22,32-33,35H,23-27H2,(H,38,45)/t33-,35-/m0/s1. The van der Waals surface area contributed by atoms with Crippen molar-refractivity contribution in [2.24, 2.45) is 0 Å². The lowest BCUT2D eigenvalue weighted by Crippen LogP contribution is -2.74. The number of urea groups is 1. The SMILES string of the molecule is C#CCN1CC(=O)N2[C@@H](c3ccccc3)C(=O)N(CC(c3ccccc3)c3ccccc3)C[C@@H]2N1C(=O)NCc1ccccc1. The summed E-state index contributed by atoms with van der Waals surface area (Å²) >= 11 is 0. The van der Waals surface area contributed by atoms with Gasteiger partial charge in [-0.2, -0.15) is 5.01 Å². The van der Waals surface area contributed by atoms with E-state index in [0.29, 0.717) is 18.7 Å². The maximum Gasteiger partial charge on any atom is 0.334 e. The monoisotopic (exact) mass is 597 g/mol. The highest BCUT2D eigenvalue weighted by Crippen LogP contribution is 2.36. The van der Waals surface area contributed by atoms with Gasteiger partial charge in [-0.3, -0.25) is 9.59 Å². The first-order valence-corrected chi connectivity index (χ1v) is 15.1. The van der Waals surface area contributed by atoms with E-state index in [1.54, 1.807) is 19.8 Å². The first-order valence-electron chi connectivity index (χ1n) is 15.1. The zero-order chi connectivity index (χ0) is 31.2. The Morgan fingerprint density at radius 2 is 1.38 bits per heavy atom. The molecule has 226 valence electrons. The number of carbonyl (C=O) groups is 3. The van der Waals surface area contributed by atoms with Crippen LogP contribution in [-0.2, 0) is 16.1 Å². The van der Waals surface area contributed by atoms with Gasteiger partial charge in [0.1, 0.15) is 12.2 Å². The number of amides is 4. The third-order valence-corrected chi connectivity index (χ3v) is 8.41. The van der Waals surface area contributed by atoms with Crippen molar-refractivity contribution in [1.82, 2.24) is 25.1 Å². The van der Waals surface area contributed by atoms with Gasteiger partial charge < -0.3 is 15.1 Å². The molecule has 0 aromatic heterocycles. The Morgan fingerprint density at radius 3 is 1.96 bits per heavy atom. The summed E-state index contributed by atoms with van der Waals surface area (Å²) in [5.41, 5.74) is 3.77. The number of nitrogens with zero attached hydrogens (tertiary/aromatic N) is 4. The van der Waals surface area contributed by atoms with Crippen LogP contribution in [0.2, 0.25) is 0 Å². The number of terminal acetylenes is 1. The number of benzene rings is 4. The topological polar surface area (TPSA) is 76.2 Å². The van der Waals surface area contributed by atoms with E-state index in [9.17, 15) is 14.4 Å². The predicted octanol–water partition coefficient (Wildman–Crippen LogP) is 4.63. The lowest BCUT2D eigenvalue weighted by Gasteiger charge is -2.55. The molecule has 8 heteroatoms. The molecule has 2 fully saturated rings. The Labute approximate surface area is 263 Å². The average molecular weight is 598 g/mol. The molecule has 2 aliphatic heterocycles. The molecule has 0 unspecified atom stereocenters. The van der Waals surface area contributed by atoms with Crippen molar-refractivity contribution >= 4 is 17.8 Å². The molecular weight excluding hydrogens is 562 g/mol. The maximum atomic E-state index is 14.5. The number of carbonyl (C=O) groups excluding carboxylic acids is 3. The maximum absolute atomic E-state index is 14.5. The van der Waals surface area contributed by atoms with Crippen molar-refractivity contribution in [2.75, 3.05) is 26.2 Å². The van der Waals surface area contributed by atoms with Crippen LogP contribution < -0.4 is 5.32 Å². The van der Waals surface area contributed by atoms with Crippen molar-refractivity contribution in [3.63, 3.8) is 0 Å². The Morgan fingerprint density at radius 1 is 0.822 bits per heavy atom. The summed E-state index contributed by atoms with van der Waals surface area (Å²) in [6, 6.07) is 37.8. The fraction of sp³-hybridized carbons (Fsp3) is 0.216. The van der Waals surface area contributed by atoms with Gasteiger partial charge in [-0.1, -0.05) is 127 Å². The number of piperazine rings is 1. The lowest BCUT2D eigenvalue weighted by atomic mass is 9.89. The van der Waals surface area contributed by atoms with Crippen LogP contribution >= 0.6 is 0 Å². The Bertz CT molecular complexity index is 1620. The van der Waals surface area contributed by atoms with Crippen molar-refractivity contribution in [1.29, 1.82) is 0 Å². The van der Waals surface area contributed by atoms with E-state index in [-0.39, 0.29) is 43.4 Å². The Kier molecular flexibility index (Phi) is 8.90. The fourth-order valence-electron chi connectivity index (χ4n) is 6.30. The second kappa shape index (κ2) is 13.5. The first kappa shape index (κ1) is 29.7. The lowest BCUT2D eigenvalue weighted by molar-refractivity contribution is -0.189. The van der Waals surface area contributed by atoms with E-state index in [1.807, 2.05) is 97.1 Å². The first-order chi connectivity index (χ1) is 22.0. The summed E-state index contributed by atoms with van der Waals surface area (Å²) in [7, 11) is 0. The van der Waals surface area contributed by atoms with Crippen LogP contribution in [0.5, 0.6) is 0 Å². The third-order valence-electron chi connectivity index (χ3n) is 8.41. The summed E-state index contributed by atoms with van der Waals surface area (Å²) in [5, 5.41) is 6.16. The van der Waals surface area contributed by atoms with Gasteiger partial charge >= 0.3 is 6.03 Å². The molecule has 0 radical (unpaired) electrons. The van der Waals surface area contributed by atoms with E-state index in [0.717, 1.165) is 16.7 Å². The molecule has 6 rings (SSSR count). The van der Waals surface area contributed by atoms with Crippen LogP contribution in [0.15, 0.2) is 121 Å². The molecule has 1 N–H and O–H groups in total. The van der Waals surface area contributed by atoms with Gasteiger partial charge in [-0.25, -0.2) is 9.80 Å². The number of hydrogen-bond acceptors (Lipinski definition) is 4. The molecule has 45 heavy (non-hydrogen) atoms. The second-order valence-corrected chi connectivity index (χ2v) is 11.2. The summed E-state index contributed by atoms with van der Waals surface area (Å²) in [6.07, 6.45) is 4.95. The molecule has 2 saturated heterocycles. The zero-order valence-electron chi connectivity index (χ0n) is 24.9.